The standard InChI is InChI=1S/C24H31N3O5.HI/c1-25-23(26-14-17-4-6-19(28-2)13-21(17)29-3)27-15-24(8-10-30-11-9-24)18-5-7-20-22(12-18)32-16-31-20;/h4-7,12-13H,8-11,14-16H2,1-3H3,(H2,25,26,27);1H. The fourth-order valence-corrected chi connectivity index (χ4v) is 4.21. The molecule has 0 saturated carbocycles. The van der Waals surface area contributed by atoms with Crippen molar-refractivity contribution in [3.8, 4) is 23.0 Å². The number of methoxy groups -OCH3 is 2. The fraction of sp³-hybridized carbons (Fsp3) is 0.458. The molecule has 2 aromatic carbocycles. The number of nitrogens with one attached hydrogen (secondary N) is 2. The van der Waals surface area contributed by atoms with E-state index in [2.05, 4.69) is 27.8 Å². The molecule has 0 aromatic heterocycles. The van der Waals surface area contributed by atoms with Gasteiger partial charge in [0.2, 0.25) is 6.79 Å². The smallest absolute Gasteiger partial charge is 0.231 e. The molecule has 0 radical (unpaired) electrons. The van der Waals surface area contributed by atoms with E-state index in [4.69, 9.17) is 23.7 Å². The number of ether oxygens (including phenoxy) is 5. The SMILES string of the molecule is CN=C(NCc1ccc(OC)cc1OC)NCC1(c2ccc3c(c2)OCO3)CCOCC1.I. The second kappa shape index (κ2) is 11.6. The summed E-state index contributed by atoms with van der Waals surface area (Å²) in [6.45, 7) is 3.04. The highest BCUT2D eigenvalue weighted by Gasteiger charge is 2.35. The van der Waals surface area contributed by atoms with Gasteiger partial charge < -0.3 is 34.3 Å². The van der Waals surface area contributed by atoms with E-state index in [0.29, 0.717) is 6.54 Å². The van der Waals surface area contributed by atoms with Crippen molar-refractivity contribution < 1.29 is 23.7 Å². The van der Waals surface area contributed by atoms with Gasteiger partial charge in [0.25, 0.3) is 0 Å². The zero-order valence-corrected chi connectivity index (χ0v) is 21.6. The minimum absolute atomic E-state index is 0. The summed E-state index contributed by atoms with van der Waals surface area (Å²) in [5, 5.41) is 6.91. The Morgan fingerprint density at radius 1 is 1.00 bits per heavy atom. The van der Waals surface area contributed by atoms with E-state index in [-0.39, 0.29) is 36.2 Å². The Hall–Kier alpha value is -2.40. The zero-order valence-electron chi connectivity index (χ0n) is 19.3. The van der Waals surface area contributed by atoms with Gasteiger partial charge in [-0.15, -0.1) is 24.0 Å². The summed E-state index contributed by atoms with van der Waals surface area (Å²) < 4.78 is 27.6. The number of benzene rings is 2. The maximum Gasteiger partial charge on any atom is 0.231 e. The first-order valence-corrected chi connectivity index (χ1v) is 10.8. The van der Waals surface area contributed by atoms with Crippen molar-refractivity contribution in [2.75, 3.05) is 47.8 Å². The summed E-state index contributed by atoms with van der Waals surface area (Å²) in [5.41, 5.74) is 2.17. The summed E-state index contributed by atoms with van der Waals surface area (Å²) in [4.78, 5) is 4.41. The lowest BCUT2D eigenvalue weighted by Gasteiger charge is -2.38. The second-order valence-corrected chi connectivity index (χ2v) is 7.92. The van der Waals surface area contributed by atoms with Gasteiger partial charge in [-0.1, -0.05) is 6.07 Å². The molecule has 1 fully saturated rings. The molecule has 4 rings (SSSR count). The van der Waals surface area contributed by atoms with E-state index in [1.165, 1.54) is 5.56 Å². The highest BCUT2D eigenvalue weighted by atomic mass is 127. The largest absolute Gasteiger partial charge is 0.497 e. The van der Waals surface area contributed by atoms with E-state index >= 15 is 0 Å². The predicted molar refractivity (Wildman–Crippen MR) is 137 cm³/mol. The molecule has 0 bridgehead atoms. The van der Waals surface area contributed by atoms with Crippen LogP contribution in [0.3, 0.4) is 0 Å². The van der Waals surface area contributed by atoms with Gasteiger partial charge in [0.05, 0.1) is 14.2 Å². The fourth-order valence-electron chi connectivity index (χ4n) is 4.21. The van der Waals surface area contributed by atoms with Crippen molar-refractivity contribution in [2.45, 2.75) is 24.8 Å². The van der Waals surface area contributed by atoms with Crippen LogP contribution in [0.4, 0.5) is 0 Å². The highest BCUT2D eigenvalue weighted by molar-refractivity contribution is 14.0. The molecule has 33 heavy (non-hydrogen) atoms. The topological polar surface area (TPSA) is 82.6 Å². The van der Waals surface area contributed by atoms with Gasteiger partial charge in [0.1, 0.15) is 11.5 Å². The van der Waals surface area contributed by atoms with Crippen LogP contribution in [0, 0.1) is 0 Å². The minimum Gasteiger partial charge on any atom is -0.497 e. The maximum absolute atomic E-state index is 5.67. The van der Waals surface area contributed by atoms with Gasteiger partial charge in [-0.3, -0.25) is 4.99 Å². The number of hydrogen-bond donors (Lipinski definition) is 2. The van der Waals surface area contributed by atoms with Crippen molar-refractivity contribution in [1.29, 1.82) is 0 Å². The van der Waals surface area contributed by atoms with Crippen molar-refractivity contribution in [3.63, 3.8) is 0 Å². The molecule has 2 aliphatic rings. The van der Waals surface area contributed by atoms with Crippen molar-refractivity contribution >= 4 is 29.9 Å². The Labute approximate surface area is 212 Å². The molecule has 0 amide bonds. The van der Waals surface area contributed by atoms with E-state index < -0.39 is 0 Å². The normalized spacial score (nSPS) is 16.5. The van der Waals surface area contributed by atoms with Gasteiger partial charge in [-0.25, -0.2) is 0 Å². The summed E-state index contributed by atoms with van der Waals surface area (Å²) in [6.07, 6.45) is 1.84. The van der Waals surface area contributed by atoms with Crippen LogP contribution in [0.1, 0.15) is 24.0 Å². The van der Waals surface area contributed by atoms with Crippen LogP contribution < -0.4 is 29.6 Å². The number of halogens is 1. The molecule has 1 saturated heterocycles. The van der Waals surface area contributed by atoms with Crippen molar-refractivity contribution in [1.82, 2.24) is 10.6 Å². The lowest BCUT2D eigenvalue weighted by Crippen LogP contribution is -2.47. The molecule has 2 aliphatic heterocycles. The van der Waals surface area contributed by atoms with Crippen LogP contribution in [-0.4, -0.2) is 53.8 Å². The van der Waals surface area contributed by atoms with Crippen LogP contribution in [0.2, 0.25) is 0 Å². The number of guanidine groups is 1. The first-order chi connectivity index (χ1) is 15.7. The molecule has 8 nitrogen and oxygen atoms in total. The number of nitrogens with zero attached hydrogens (tertiary/aromatic N) is 1. The van der Waals surface area contributed by atoms with Gasteiger partial charge in [-0.05, 0) is 42.7 Å². The third-order valence-corrected chi connectivity index (χ3v) is 6.19. The number of aliphatic imine (C=N–C) groups is 1. The monoisotopic (exact) mass is 569 g/mol. The molecule has 0 unspecified atom stereocenters. The number of fused-ring (bicyclic) bond motifs is 1. The molecule has 2 N–H and O–H groups in total. The third-order valence-electron chi connectivity index (χ3n) is 6.19. The van der Waals surface area contributed by atoms with Gasteiger partial charge in [0, 0.05) is 50.4 Å². The van der Waals surface area contributed by atoms with Gasteiger partial charge in [-0.2, -0.15) is 0 Å². The molecule has 0 atom stereocenters. The van der Waals surface area contributed by atoms with Crippen LogP contribution in [0.25, 0.3) is 0 Å². The summed E-state index contributed by atoms with van der Waals surface area (Å²) in [6, 6.07) is 12.0. The molecule has 2 aromatic rings. The molecular weight excluding hydrogens is 537 g/mol. The first kappa shape index (κ1) is 25.2. The maximum atomic E-state index is 5.67. The first-order valence-electron chi connectivity index (χ1n) is 10.8. The molecular formula is C24H32IN3O5. The summed E-state index contributed by atoms with van der Waals surface area (Å²) >= 11 is 0. The Balaban J connectivity index is 0.00000306. The Kier molecular flexibility index (Phi) is 8.90. The third kappa shape index (κ3) is 5.75. The van der Waals surface area contributed by atoms with E-state index in [9.17, 15) is 0 Å². The number of rotatable bonds is 7. The van der Waals surface area contributed by atoms with E-state index in [0.717, 1.165) is 67.1 Å². The Bertz CT molecular complexity index is 963. The van der Waals surface area contributed by atoms with Crippen LogP contribution >= 0.6 is 24.0 Å². The summed E-state index contributed by atoms with van der Waals surface area (Å²) in [7, 11) is 5.08. The predicted octanol–water partition coefficient (Wildman–Crippen LogP) is 3.46. The minimum atomic E-state index is -0.0747. The van der Waals surface area contributed by atoms with Crippen molar-refractivity contribution in [3.05, 3.63) is 47.5 Å². The van der Waals surface area contributed by atoms with Crippen molar-refractivity contribution in [2.24, 2.45) is 4.99 Å². The number of hydrogen-bond acceptors (Lipinski definition) is 6. The van der Waals surface area contributed by atoms with E-state index in [1.807, 2.05) is 24.3 Å². The quantitative estimate of drug-likeness (QED) is 0.300. The van der Waals surface area contributed by atoms with Crippen LogP contribution in [0.5, 0.6) is 23.0 Å². The Morgan fingerprint density at radius 3 is 2.52 bits per heavy atom. The Morgan fingerprint density at radius 2 is 1.79 bits per heavy atom. The molecule has 0 spiro atoms. The summed E-state index contributed by atoms with van der Waals surface area (Å²) in [5.74, 6) is 3.87. The van der Waals surface area contributed by atoms with E-state index in [1.54, 1.807) is 21.3 Å². The van der Waals surface area contributed by atoms with Gasteiger partial charge >= 0.3 is 0 Å². The highest BCUT2D eigenvalue weighted by Crippen LogP contribution is 2.40. The second-order valence-electron chi connectivity index (χ2n) is 7.92. The average molecular weight is 569 g/mol. The zero-order chi connectivity index (χ0) is 22.4. The lowest BCUT2D eigenvalue weighted by atomic mass is 9.74. The average Bonchev–Trinajstić information content (AvgIpc) is 3.33. The lowest BCUT2D eigenvalue weighted by molar-refractivity contribution is 0.0513. The van der Waals surface area contributed by atoms with Gasteiger partial charge in [0.15, 0.2) is 17.5 Å². The van der Waals surface area contributed by atoms with Crippen LogP contribution in [0.15, 0.2) is 41.4 Å². The van der Waals surface area contributed by atoms with Crippen LogP contribution in [-0.2, 0) is 16.7 Å². The molecule has 180 valence electrons. The molecule has 9 heteroatoms. The molecule has 0 aliphatic carbocycles. The molecule has 2 heterocycles.